The zero-order valence-corrected chi connectivity index (χ0v) is 24.9. The first-order valence-electron chi connectivity index (χ1n) is 13.8. The third-order valence-electron chi connectivity index (χ3n) is 6.93. The number of aryl methyl sites for hydroxylation is 1. The van der Waals surface area contributed by atoms with Gasteiger partial charge in [-0.1, -0.05) is 87.4 Å². The predicted octanol–water partition coefficient (Wildman–Crippen LogP) is 5.65. The molecule has 2 amide bonds. The number of nitrogens with one attached hydrogen (secondary N) is 1. The van der Waals surface area contributed by atoms with Crippen molar-refractivity contribution < 1.29 is 18.0 Å². The quantitative estimate of drug-likeness (QED) is 0.273. The second kappa shape index (κ2) is 14.1. The molecule has 0 aliphatic carbocycles. The van der Waals surface area contributed by atoms with E-state index in [1.54, 1.807) is 43.3 Å². The average Bonchev–Trinajstić information content (AvgIpc) is 2.95. The molecule has 0 bridgehead atoms. The van der Waals surface area contributed by atoms with E-state index in [9.17, 15) is 18.0 Å². The number of sulfonamides is 1. The summed E-state index contributed by atoms with van der Waals surface area (Å²) in [4.78, 5) is 28.5. The van der Waals surface area contributed by atoms with Gasteiger partial charge in [0, 0.05) is 13.1 Å². The molecule has 0 radical (unpaired) electrons. The molecule has 3 rings (SSSR count). The molecule has 8 heteroatoms. The van der Waals surface area contributed by atoms with Gasteiger partial charge in [0.15, 0.2) is 0 Å². The lowest BCUT2D eigenvalue weighted by molar-refractivity contribution is -0.139. The van der Waals surface area contributed by atoms with Crippen LogP contribution in [-0.4, -0.2) is 44.3 Å². The summed E-state index contributed by atoms with van der Waals surface area (Å²) >= 11 is 0. The summed E-state index contributed by atoms with van der Waals surface area (Å²) in [7, 11) is -4.08. The fraction of sp³-hybridized carbons (Fsp3) is 0.375. The topological polar surface area (TPSA) is 86.8 Å². The van der Waals surface area contributed by atoms with Crippen LogP contribution in [0.1, 0.15) is 63.1 Å². The largest absolute Gasteiger partial charge is 0.354 e. The molecule has 0 heterocycles. The van der Waals surface area contributed by atoms with Gasteiger partial charge in [0.2, 0.25) is 11.8 Å². The Bertz CT molecular complexity index is 1360. The van der Waals surface area contributed by atoms with Gasteiger partial charge < -0.3 is 10.2 Å². The molecule has 0 aliphatic rings. The minimum Gasteiger partial charge on any atom is -0.354 e. The zero-order valence-electron chi connectivity index (χ0n) is 24.1. The van der Waals surface area contributed by atoms with Crippen molar-refractivity contribution in [2.24, 2.45) is 0 Å². The highest BCUT2D eigenvalue weighted by atomic mass is 32.2. The van der Waals surface area contributed by atoms with Crippen LogP contribution in [0.5, 0.6) is 0 Å². The zero-order chi connectivity index (χ0) is 29.3. The summed E-state index contributed by atoms with van der Waals surface area (Å²) < 4.78 is 29.0. The van der Waals surface area contributed by atoms with Crippen LogP contribution in [-0.2, 0) is 26.2 Å². The Morgan fingerprint density at radius 3 is 2.08 bits per heavy atom. The van der Waals surface area contributed by atoms with Gasteiger partial charge in [-0.15, -0.1) is 0 Å². The molecule has 0 spiro atoms. The van der Waals surface area contributed by atoms with E-state index in [-0.39, 0.29) is 23.3 Å². The number of carbonyl (C=O) groups excluding carboxylic acids is 2. The number of amides is 2. The molecule has 1 N–H and O–H groups in total. The Morgan fingerprint density at radius 2 is 1.50 bits per heavy atom. The van der Waals surface area contributed by atoms with E-state index in [4.69, 9.17) is 0 Å². The molecule has 7 nitrogen and oxygen atoms in total. The Hall–Kier alpha value is -3.65. The van der Waals surface area contributed by atoms with E-state index < -0.39 is 28.5 Å². The smallest absolute Gasteiger partial charge is 0.264 e. The van der Waals surface area contributed by atoms with Crippen molar-refractivity contribution in [3.05, 3.63) is 95.6 Å². The highest BCUT2D eigenvalue weighted by Gasteiger charge is 2.32. The molecular formula is C32H41N3O4S. The highest BCUT2D eigenvalue weighted by molar-refractivity contribution is 7.92. The number of benzene rings is 3. The standard InChI is InChI=1S/C32H41N3O4S/c1-6-7-21-33-32(37)26(5)34(22-27-11-9-8-10-12-27)31(36)23-35(29-17-15-28(16-18-29)24(2)3)40(38,39)30-19-13-25(4)14-20-30/h8-20,24,26H,6-7,21-23H2,1-5H3,(H,33,37)/t26-/m0/s1. The monoisotopic (exact) mass is 563 g/mol. The van der Waals surface area contributed by atoms with Crippen molar-refractivity contribution in [2.45, 2.75) is 70.9 Å². The fourth-order valence-corrected chi connectivity index (χ4v) is 5.70. The van der Waals surface area contributed by atoms with Crippen LogP contribution in [0.4, 0.5) is 5.69 Å². The van der Waals surface area contributed by atoms with Crippen molar-refractivity contribution in [1.82, 2.24) is 10.2 Å². The lowest BCUT2D eigenvalue weighted by Crippen LogP contribution is -2.51. The summed E-state index contributed by atoms with van der Waals surface area (Å²) in [6.45, 7) is 9.97. The number of rotatable bonds is 13. The van der Waals surface area contributed by atoms with E-state index in [0.29, 0.717) is 12.2 Å². The lowest BCUT2D eigenvalue weighted by atomic mass is 10.0. The maximum absolute atomic E-state index is 14.0. The summed E-state index contributed by atoms with van der Waals surface area (Å²) in [5, 5.41) is 2.90. The van der Waals surface area contributed by atoms with E-state index >= 15 is 0 Å². The molecule has 0 unspecified atom stereocenters. The van der Waals surface area contributed by atoms with Crippen LogP contribution in [0.2, 0.25) is 0 Å². The minimum atomic E-state index is -4.08. The Morgan fingerprint density at radius 1 is 0.875 bits per heavy atom. The first-order chi connectivity index (χ1) is 19.0. The SMILES string of the molecule is CCCCNC(=O)[C@H](C)N(Cc1ccccc1)C(=O)CN(c1ccc(C(C)C)cc1)S(=O)(=O)c1ccc(C)cc1. The summed E-state index contributed by atoms with van der Waals surface area (Å²) in [5.41, 5.74) is 3.22. The van der Waals surface area contributed by atoms with Gasteiger partial charge in [-0.05, 0) is 61.6 Å². The third kappa shape index (κ3) is 7.94. The molecule has 0 aliphatic heterocycles. The van der Waals surface area contributed by atoms with E-state index in [1.165, 1.54) is 4.90 Å². The molecule has 0 saturated heterocycles. The number of carbonyl (C=O) groups is 2. The van der Waals surface area contributed by atoms with Crippen molar-refractivity contribution in [3.8, 4) is 0 Å². The van der Waals surface area contributed by atoms with Gasteiger partial charge in [0.25, 0.3) is 10.0 Å². The Kier molecular flexibility index (Phi) is 10.9. The van der Waals surface area contributed by atoms with E-state index in [1.807, 2.05) is 56.3 Å². The minimum absolute atomic E-state index is 0.0961. The summed E-state index contributed by atoms with van der Waals surface area (Å²) in [6.07, 6.45) is 1.77. The number of hydrogen-bond acceptors (Lipinski definition) is 4. The molecular weight excluding hydrogens is 522 g/mol. The summed E-state index contributed by atoms with van der Waals surface area (Å²) in [5.74, 6) is -0.469. The Labute approximate surface area is 239 Å². The maximum Gasteiger partial charge on any atom is 0.264 e. The highest BCUT2D eigenvalue weighted by Crippen LogP contribution is 2.27. The molecule has 1 atom stereocenters. The van der Waals surface area contributed by atoms with Gasteiger partial charge in [0.05, 0.1) is 10.6 Å². The van der Waals surface area contributed by atoms with Gasteiger partial charge in [-0.3, -0.25) is 13.9 Å². The van der Waals surface area contributed by atoms with Crippen LogP contribution >= 0.6 is 0 Å². The van der Waals surface area contributed by atoms with Gasteiger partial charge in [0.1, 0.15) is 12.6 Å². The first kappa shape index (κ1) is 30.9. The van der Waals surface area contributed by atoms with E-state index in [0.717, 1.165) is 33.8 Å². The molecule has 0 aromatic heterocycles. The van der Waals surface area contributed by atoms with E-state index in [2.05, 4.69) is 19.2 Å². The van der Waals surface area contributed by atoms with Crippen LogP contribution in [0.15, 0.2) is 83.8 Å². The molecule has 3 aromatic rings. The number of unbranched alkanes of at least 4 members (excludes halogenated alkanes) is 1. The van der Waals surface area contributed by atoms with Gasteiger partial charge in [-0.2, -0.15) is 0 Å². The van der Waals surface area contributed by atoms with Crippen molar-refractivity contribution >= 4 is 27.5 Å². The fourth-order valence-electron chi connectivity index (χ4n) is 4.29. The molecule has 0 saturated carbocycles. The number of anilines is 1. The second-order valence-corrected chi connectivity index (χ2v) is 12.3. The van der Waals surface area contributed by atoms with Crippen LogP contribution in [0.25, 0.3) is 0 Å². The second-order valence-electron chi connectivity index (χ2n) is 10.4. The lowest BCUT2D eigenvalue weighted by Gasteiger charge is -2.32. The first-order valence-corrected chi connectivity index (χ1v) is 15.3. The van der Waals surface area contributed by atoms with Crippen molar-refractivity contribution in [1.29, 1.82) is 0 Å². The molecule has 214 valence electrons. The molecule has 40 heavy (non-hydrogen) atoms. The van der Waals surface area contributed by atoms with Crippen LogP contribution in [0, 0.1) is 6.92 Å². The average molecular weight is 564 g/mol. The van der Waals surface area contributed by atoms with Crippen LogP contribution < -0.4 is 9.62 Å². The predicted molar refractivity (Wildman–Crippen MR) is 161 cm³/mol. The van der Waals surface area contributed by atoms with Gasteiger partial charge >= 0.3 is 0 Å². The van der Waals surface area contributed by atoms with Crippen molar-refractivity contribution in [2.75, 3.05) is 17.4 Å². The normalized spacial score (nSPS) is 12.2. The summed E-state index contributed by atoms with van der Waals surface area (Å²) in [6, 6.07) is 22.4. The number of nitrogens with zero attached hydrogens (tertiary/aromatic N) is 2. The molecule has 0 fully saturated rings. The maximum atomic E-state index is 14.0. The Balaban J connectivity index is 2.00. The molecule has 3 aromatic carbocycles. The van der Waals surface area contributed by atoms with Crippen molar-refractivity contribution in [3.63, 3.8) is 0 Å². The number of hydrogen-bond donors (Lipinski definition) is 1. The van der Waals surface area contributed by atoms with Crippen LogP contribution in [0.3, 0.4) is 0 Å². The third-order valence-corrected chi connectivity index (χ3v) is 8.72. The van der Waals surface area contributed by atoms with Gasteiger partial charge in [-0.25, -0.2) is 8.42 Å².